The fourth-order valence-electron chi connectivity index (χ4n) is 3.61. The lowest BCUT2D eigenvalue weighted by atomic mass is 10.0. The van der Waals surface area contributed by atoms with E-state index < -0.39 is 0 Å². The molecule has 186 valence electrons. The highest BCUT2D eigenvalue weighted by molar-refractivity contribution is 8.26. The number of carbonyl (C=O) groups is 2. The molecule has 0 spiro atoms. The van der Waals surface area contributed by atoms with Crippen molar-refractivity contribution in [3.63, 3.8) is 0 Å². The largest absolute Gasteiger partial charge is 0.490 e. The number of hydrogen-bond acceptors (Lipinski definition) is 7. The van der Waals surface area contributed by atoms with E-state index in [1.165, 1.54) is 33.4 Å². The van der Waals surface area contributed by atoms with E-state index in [0.29, 0.717) is 40.5 Å². The quantitative estimate of drug-likeness (QED) is 0.228. The van der Waals surface area contributed by atoms with Crippen LogP contribution >= 0.6 is 24.0 Å². The Morgan fingerprint density at radius 2 is 1.74 bits per heavy atom. The Hall–Kier alpha value is -2.84. The fourth-order valence-corrected chi connectivity index (χ4v) is 4.92. The van der Waals surface area contributed by atoms with Gasteiger partial charge in [-0.05, 0) is 80.6 Å². The summed E-state index contributed by atoms with van der Waals surface area (Å²) in [7, 11) is 0. The SMILES string of the molecule is CCOC(=O)CCN1C(=O)/C(=C\c2ccc(OCc3cc(C)c(C)cc3C)c(OCC)c2)SC1=S. The highest BCUT2D eigenvalue weighted by Gasteiger charge is 2.32. The average Bonchev–Trinajstić information content (AvgIpc) is 3.07. The summed E-state index contributed by atoms with van der Waals surface area (Å²) in [5, 5.41) is 0. The number of carbonyl (C=O) groups excluding carboxylic acids is 2. The van der Waals surface area contributed by atoms with Gasteiger partial charge in [0, 0.05) is 6.54 Å². The molecule has 1 aliphatic rings. The van der Waals surface area contributed by atoms with Crippen molar-refractivity contribution in [3.05, 3.63) is 63.1 Å². The Balaban J connectivity index is 1.74. The summed E-state index contributed by atoms with van der Waals surface area (Å²) in [6.07, 6.45) is 1.89. The third-order valence-electron chi connectivity index (χ3n) is 5.62. The van der Waals surface area contributed by atoms with E-state index in [0.717, 1.165) is 11.1 Å². The van der Waals surface area contributed by atoms with Crippen molar-refractivity contribution in [2.24, 2.45) is 0 Å². The average molecular weight is 514 g/mol. The molecule has 0 saturated carbocycles. The predicted molar refractivity (Wildman–Crippen MR) is 144 cm³/mol. The van der Waals surface area contributed by atoms with Gasteiger partial charge in [-0.25, -0.2) is 0 Å². The first-order chi connectivity index (χ1) is 16.7. The standard InChI is InChI=1S/C27H31NO5S2/c1-6-31-23-14-20(8-9-22(23)33-16-21-13-18(4)17(3)12-19(21)5)15-24-26(30)28(27(34)35-24)11-10-25(29)32-7-2/h8-9,12-15H,6-7,10-11,16H2,1-5H3/b24-15+. The zero-order chi connectivity index (χ0) is 25.5. The van der Waals surface area contributed by atoms with Crippen molar-refractivity contribution < 1.29 is 23.8 Å². The highest BCUT2D eigenvalue weighted by atomic mass is 32.2. The summed E-state index contributed by atoms with van der Waals surface area (Å²) in [5.74, 6) is 0.690. The minimum atomic E-state index is -0.349. The van der Waals surface area contributed by atoms with Crippen LogP contribution in [0.3, 0.4) is 0 Å². The normalized spacial score (nSPS) is 14.5. The summed E-state index contributed by atoms with van der Waals surface area (Å²) in [4.78, 5) is 26.5. The Kier molecular flexibility index (Phi) is 9.34. The maximum atomic E-state index is 12.9. The number of esters is 1. The van der Waals surface area contributed by atoms with Gasteiger partial charge in [-0.15, -0.1) is 0 Å². The van der Waals surface area contributed by atoms with Crippen molar-refractivity contribution in [2.45, 2.75) is 47.6 Å². The molecule has 0 atom stereocenters. The minimum absolute atomic E-state index is 0.105. The van der Waals surface area contributed by atoms with Crippen LogP contribution in [0.5, 0.6) is 11.5 Å². The number of nitrogens with zero attached hydrogens (tertiary/aromatic N) is 1. The molecule has 6 nitrogen and oxygen atoms in total. The molecule has 35 heavy (non-hydrogen) atoms. The third kappa shape index (κ3) is 6.86. The molecule has 0 N–H and O–H groups in total. The second-order valence-corrected chi connectivity index (χ2v) is 9.85. The maximum absolute atomic E-state index is 12.9. The number of thioether (sulfide) groups is 1. The molecular formula is C27H31NO5S2. The fraction of sp³-hybridized carbons (Fsp3) is 0.370. The van der Waals surface area contributed by atoms with Gasteiger partial charge in [0.2, 0.25) is 0 Å². The molecule has 3 rings (SSSR count). The minimum Gasteiger partial charge on any atom is -0.490 e. The van der Waals surface area contributed by atoms with Crippen LogP contribution in [0.1, 0.15) is 48.1 Å². The Morgan fingerprint density at radius 3 is 2.46 bits per heavy atom. The van der Waals surface area contributed by atoms with E-state index in [4.69, 9.17) is 26.4 Å². The van der Waals surface area contributed by atoms with Crippen LogP contribution < -0.4 is 9.47 Å². The third-order valence-corrected chi connectivity index (χ3v) is 7.00. The number of benzene rings is 2. The van der Waals surface area contributed by atoms with Crippen molar-refractivity contribution in [1.29, 1.82) is 0 Å². The summed E-state index contributed by atoms with van der Waals surface area (Å²) in [5.41, 5.74) is 5.61. The zero-order valence-corrected chi connectivity index (χ0v) is 22.4. The molecule has 0 radical (unpaired) electrons. The van der Waals surface area contributed by atoms with Crippen molar-refractivity contribution in [1.82, 2.24) is 4.90 Å². The molecule has 1 saturated heterocycles. The summed E-state index contributed by atoms with van der Waals surface area (Å²) < 4.78 is 17.3. The van der Waals surface area contributed by atoms with E-state index in [9.17, 15) is 9.59 Å². The molecule has 1 heterocycles. The van der Waals surface area contributed by atoms with Gasteiger partial charge in [0.1, 0.15) is 10.9 Å². The summed E-state index contributed by atoms with van der Waals surface area (Å²) in [6, 6.07) is 9.93. The van der Waals surface area contributed by atoms with Crippen molar-refractivity contribution >= 4 is 46.3 Å². The lowest BCUT2D eigenvalue weighted by molar-refractivity contribution is -0.143. The first kappa shape index (κ1) is 26.8. The Bertz CT molecular complexity index is 1160. The number of amides is 1. The number of hydrogen-bond donors (Lipinski definition) is 0. The van der Waals surface area contributed by atoms with Gasteiger partial charge >= 0.3 is 5.97 Å². The van der Waals surface area contributed by atoms with Gasteiger partial charge in [-0.3, -0.25) is 14.5 Å². The monoisotopic (exact) mass is 513 g/mol. The van der Waals surface area contributed by atoms with Gasteiger partial charge < -0.3 is 14.2 Å². The first-order valence-corrected chi connectivity index (χ1v) is 12.8. The second-order valence-electron chi connectivity index (χ2n) is 8.18. The van der Waals surface area contributed by atoms with Gasteiger partial charge in [-0.2, -0.15) is 0 Å². The molecule has 0 bridgehead atoms. The molecule has 2 aromatic carbocycles. The number of rotatable bonds is 10. The lowest BCUT2D eigenvalue weighted by Crippen LogP contribution is -2.30. The Labute approximate surface area is 216 Å². The summed E-state index contributed by atoms with van der Waals surface area (Å²) in [6.45, 7) is 11.4. The molecule has 2 aromatic rings. The van der Waals surface area contributed by atoms with Crippen LogP contribution in [0, 0.1) is 20.8 Å². The number of ether oxygens (including phenoxy) is 3. The molecular weight excluding hydrogens is 482 g/mol. The smallest absolute Gasteiger partial charge is 0.307 e. The molecule has 1 fully saturated rings. The van der Waals surface area contributed by atoms with Crippen LogP contribution in [0.15, 0.2) is 35.2 Å². The van der Waals surface area contributed by atoms with Gasteiger partial charge in [0.15, 0.2) is 11.5 Å². The van der Waals surface area contributed by atoms with Crippen molar-refractivity contribution in [3.8, 4) is 11.5 Å². The maximum Gasteiger partial charge on any atom is 0.307 e. The van der Waals surface area contributed by atoms with Crippen LogP contribution in [-0.4, -0.2) is 40.9 Å². The van der Waals surface area contributed by atoms with Gasteiger partial charge in [-0.1, -0.05) is 42.2 Å². The van der Waals surface area contributed by atoms with E-state index >= 15 is 0 Å². The van der Waals surface area contributed by atoms with E-state index in [1.54, 1.807) is 13.0 Å². The van der Waals surface area contributed by atoms with Crippen LogP contribution in [0.4, 0.5) is 0 Å². The van der Waals surface area contributed by atoms with Crippen molar-refractivity contribution in [2.75, 3.05) is 19.8 Å². The Morgan fingerprint density at radius 1 is 1.00 bits per heavy atom. The molecule has 0 aromatic heterocycles. The van der Waals surface area contributed by atoms with E-state index in [1.807, 2.05) is 25.1 Å². The molecule has 1 amide bonds. The molecule has 0 aliphatic carbocycles. The first-order valence-electron chi connectivity index (χ1n) is 11.6. The van der Waals surface area contributed by atoms with Gasteiger partial charge in [0.05, 0.1) is 24.5 Å². The number of aryl methyl sites for hydroxylation is 3. The summed E-state index contributed by atoms with van der Waals surface area (Å²) >= 11 is 6.58. The number of thiocarbonyl (C=S) groups is 1. The highest BCUT2D eigenvalue weighted by Crippen LogP contribution is 2.35. The van der Waals surface area contributed by atoms with Crippen LogP contribution in [0.25, 0.3) is 6.08 Å². The molecule has 8 heteroatoms. The topological polar surface area (TPSA) is 65.1 Å². The molecule has 0 unspecified atom stereocenters. The molecule has 1 aliphatic heterocycles. The van der Waals surface area contributed by atoms with Crippen LogP contribution in [-0.2, 0) is 20.9 Å². The van der Waals surface area contributed by atoms with E-state index in [-0.39, 0.29) is 24.8 Å². The zero-order valence-electron chi connectivity index (χ0n) is 20.8. The lowest BCUT2D eigenvalue weighted by Gasteiger charge is -2.15. The van der Waals surface area contributed by atoms with Crippen LogP contribution in [0.2, 0.25) is 0 Å². The predicted octanol–water partition coefficient (Wildman–Crippen LogP) is 5.74. The second kappa shape index (κ2) is 12.2. The van der Waals surface area contributed by atoms with E-state index in [2.05, 4.69) is 32.9 Å². The van der Waals surface area contributed by atoms with Gasteiger partial charge in [0.25, 0.3) is 5.91 Å².